The second-order valence-corrected chi connectivity index (χ2v) is 12.8. The highest BCUT2D eigenvalue weighted by molar-refractivity contribution is 5.72. The van der Waals surface area contributed by atoms with Crippen LogP contribution in [-0.2, 0) is 28.6 Å². The third kappa shape index (κ3) is 30.3. The number of allylic oxidation sites excluding steroid dienone is 14. The number of carbonyl (C=O) groups excluding carboxylic acids is 2. The van der Waals surface area contributed by atoms with Gasteiger partial charge in [-0.25, -0.2) is 4.79 Å². The summed E-state index contributed by atoms with van der Waals surface area (Å²) in [6, 6.07) is -0.631. The monoisotopic (exact) mass is 684 g/mol. The number of esters is 2. The lowest BCUT2D eigenvalue weighted by molar-refractivity contribution is -0.887. The molecule has 0 bridgehead atoms. The quantitative estimate of drug-likeness (QED) is 0.0265. The molecule has 0 aliphatic carbocycles. The Morgan fingerprint density at radius 2 is 1.18 bits per heavy atom. The van der Waals surface area contributed by atoms with Crippen molar-refractivity contribution in [3.05, 3.63) is 85.1 Å². The SMILES string of the molecule is CC/C=C/C=C/C=C/C=C/CCCCCC(=O)OC(COCCC(C(=O)O)[N+](C)(C)C)COC(=O)CCCC/C=C/C/C=C/C/C=C/CC. The van der Waals surface area contributed by atoms with Crippen molar-refractivity contribution in [3.63, 3.8) is 0 Å². The van der Waals surface area contributed by atoms with E-state index in [2.05, 4.69) is 62.5 Å². The fourth-order valence-electron chi connectivity index (χ4n) is 4.58. The van der Waals surface area contributed by atoms with Crippen LogP contribution in [-0.4, -0.2) is 80.6 Å². The summed E-state index contributed by atoms with van der Waals surface area (Å²) in [5.74, 6) is -1.59. The first-order valence-electron chi connectivity index (χ1n) is 18.2. The van der Waals surface area contributed by atoms with Crippen LogP contribution in [0.5, 0.6) is 0 Å². The van der Waals surface area contributed by atoms with Gasteiger partial charge in [-0.15, -0.1) is 0 Å². The Hall–Kier alpha value is -3.49. The minimum absolute atomic E-state index is 0.0268. The molecule has 2 unspecified atom stereocenters. The lowest BCUT2D eigenvalue weighted by Crippen LogP contribution is -2.50. The van der Waals surface area contributed by atoms with Crippen molar-refractivity contribution in [1.29, 1.82) is 0 Å². The highest BCUT2D eigenvalue weighted by Crippen LogP contribution is 2.11. The Morgan fingerprint density at radius 3 is 1.84 bits per heavy atom. The van der Waals surface area contributed by atoms with Gasteiger partial charge in [-0.1, -0.05) is 105 Å². The van der Waals surface area contributed by atoms with E-state index in [0.29, 0.717) is 25.7 Å². The minimum Gasteiger partial charge on any atom is -0.477 e. The molecule has 276 valence electrons. The summed E-state index contributed by atoms with van der Waals surface area (Å²) < 4.78 is 17.1. The van der Waals surface area contributed by atoms with Crippen molar-refractivity contribution in [3.8, 4) is 0 Å². The van der Waals surface area contributed by atoms with Crippen LogP contribution in [0.2, 0.25) is 0 Å². The van der Waals surface area contributed by atoms with E-state index >= 15 is 0 Å². The number of ether oxygens (including phenoxy) is 3. The standard InChI is InChI=1S/C41H65NO7/c1-6-8-10-12-14-16-18-20-22-24-26-28-30-32-40(44)49-37(35-47-34-33-38(41(45)46)42(3,4)5)36-48-39(43)31-29-27-25-23-21-19-17-15-13-11-9-7-2/h8-12,14-18,20-23,37-38H,6-7,13,19,24-36H2,1-5H3/p+1/b10-8+,11-9+,14-12+,17-15+,18-16+,22-20+,23-21+. The Balaban J connectivity index is 4.61. The minimum atomic E-state index is -0.893. The second kappa shape index (κ2) is 31.8. The number of nitrogens with zero attached hydrogens (tertiary/aromatic N) is 1. The van der Waals surface area contributed by atoms with E-state index in [1.807, 2.05) is 57.6 Å². The molecule has 0 heterocycles. The summed E-state index contributed by atoms with van der Waals surface area (Å²) in [5.41, 5.74) is 0. The number of likely N-dealkylation sites (N-methyl/N-ethyl adjacent to an activating group) is 1. The number of aliphatic carboxylic acids is 1. The number of carboxylic acid groups (broad SMARTS) is 1. The molecule has 1 N–H and O–H groups in total. The van der Waals surface area contributed by atoms with Crippen molar-refractivity contribution in [1.82, 2.24) is 0 Å². The molecule has 0 saturated carbocycles. The fourth-order valence-corrected chi connectivity index (χ4v) is 4.58. The van der Waals surface area contributed by atoms with Crippen LogP contribution in [0.15, 0.2) is 85.1 Å². The van der Waals surface area contributed by atoms with Crippen molar-refractivity contribution in [2.45, 2.75) is 116 Å². The zero-order valence-corrected chi connectivity index (χ0v) is 31.1. The van der Waals surface area contributed by atoms with E-state index < -0.39 is 18.1 Å². The van der Waals surface area contributed by atoms with E-state index in [9.17, 15) is 19.5 Å². The number of quaternary nitrogens is 1. The summed E-state index contributed by atoms with van der Waals surface area (Å²) in [7, 11) is 5.47. The van der Waals surface area contributed by atoms with Crippen LogP contribution in [0.25, 0.3) is 0 Å². The third-order valence-corrected chi connectivity index (χ3v) is 7.38. The van der Waals surface area contributed by atoms with E-state index in [0.717, 1.165) is 57.8 Å². The molecule has 0 radical (unpaired) electrons. The molecule has 0 aliphatic rings. The number of hydrogen-bond donors (Lipinski definition) is 1. The molecule has 2 atom stereocenters. The zero-order chi connectivity index (χ0) is 36.4. The first-order valence-corrected chi connectivity index (χ1v) is 18.2. The molecule has 0 spiro atoms. The zero-order valence-electron chi connectivity index (χ0n) is 31.1. The summed E-state index contributed by atoms with van der Waals surface area (Å²) >= 11 is 0. The fraction of sp³-hybridized carbons (Fsp3) is 0.585. The topological polar surface area (TPSA) is 99.1 Å². The molecular weight excluding hydrogens is 618 g/mol. The lowest BCUT2D eigenvalue weighted by atomic mass is 10.1. The van der Waals surface area contributed by atoms with E-state index in [1.165, 1.54) is 0 Å². The van der Waals surface area contributed by atoms with Gasteiger partial charge in [-0.05, 0) is 64.2 Å². The summed E-state index contributed by atoms with van der Waals surface area (Å²) in [6.07, 6.45) is 39.2. The summed E-state index contributed by atoms with van der Waals surface area (Å²) in [6.45, 7) is 4.34. The van der Waals surface area contributed by atoms with Crippen LogP contribution in [0, 0.1) is 0 Å². The van der Waals surface area contributed by atoms with Gasteiger partial charge in [0.1, 0.15) is 6.61 Å². The maximum Gasteiger partial charge on any atom is 0.362 e. The van der Waals surface area contributed by atoms with E-state index in [4.69, 9.17) is 14.2 Å². The van der Waals surface area contributed by atoms with Crippen molar-refractivity contribution in [2.24, 2.45) is 0 Å². The van der Waals surface area contributed by atoms with Gasteiger partial charge in [0.05, 0.1) is 34.4 Å². The van der Waals surface area contributed by atoms with Gasteiger partial charge in [0, 0.05) is 19.3 Å². The Bertz CT molecular complexity index is 1080. The van der Waals surface area contributed by atoms with Gasteiger partial charge >= 0.3 is 17.9 Å². The maximum absolute atomic E-state index is 12.6. The predicted octanol–water partition coefficient (Wildman–Crippen LogP) is 9.01. The number of carbonyl (C=O) groups is 3. The van der Waals surface area contributed by atoms with Gasteiger partial charge in [-0.3, -0.25) is 9.59 Å². The van der Waals surface area contributed by atoms with Gasteiger partial charge < -0.3 is 23.8 Å². The van der Waals surface area contributed by atoms with E-state index in [-0.39, 0.29) is 42.7 Å². The normalized spacial score (nSPS) is 14.1. The highest BCUT2D eigenvalue weighted by atomic mass is 16.6. The molecule has 8 heteroatoms. The summed E-state index contributed by atoms with van der Waals surface area (Å²) in [5, 5.41) is 9.57. The molecule has 0 fully saturated rings. The lowest BCUT2D eigenvalue weighted by Gasteiger charge is -2.31. The number of unbranched alkanes of at least 4 members (excludes halogenated alkanes) is 5. The molecule has 0 aromatic heterocycles. The molecule has 0 amide bonds. The molecule has 49 heavy (non-hydrogen) atoms. The largest absolute Gasteiger partial charge is 0.477 e. The number of hydrogen-bond acceptors (Lipinski definition) is 6. The first kappa shape index (κ1) is 45.5. The van der Waals surface area contributed by atoms with Crippen molar-refractivity contribution >= 4 is 17.9 Å². The van der Waals surface area contributed by atoms with Crippen LogP contribution >= 0.6 is 0 Å². The first-order chi connectivity index (χ1) is 23.6. The number of carboxylic acids is 1. The van der Waals surface area contributed by atoms with Crippen LogP contribution in [0.1, 0.15) is 104 Å². The van der Waals surface area contributed by atoms with Gasteiger partial charge in [-0.2, -0.15) is 0 Å². The third-order valence-electron chi connectivity index (χ3n) is 7.38. The molecule has 0 aromatic rings. The van der Waals surface area contributed by atoms with Crippen LogP contribution < -0.4 is 0 Å². The summed E-state index contributed by atoms with van der Waals surface area (Å²) in [4.78, 5) is 36.7. The molecule has 8 nitrogen and oxygen atoms in total. The molecular formula is C41H66NO7+. The van der Waals surface area contributed by atoms with Gasteiger partial charge in [0.2, 0.25) is 0 Å². The molecule has 0 saturated heterocycles. The Kier molecular flexibility index (Phi) is 29.5. The smallest absolute Gasteiger partial charge is 0.362 e. The van der Waals surface area contributed by atoms with Gasteiger partial charge in [0.15, 0.2) is 12.1 Å². The van der Waals surface area contributed by atoms with Crippen LogP contribution in [0.4, 0.5) is 0 Å². The highest BCUT2D eigenvalue weighted by Gasteiger charge is 2.31. The van der Waals surface area contributed by atoms with E-state index in [1.54, 1.807) is 0 Å². The van der Waals surface area contributed by atoms with Crippen molar-refractivity contribution in [2.75, 3.05) is 41.0 Å². The van der Waals surface area contributed by atoms with Gasteiger partial charge in [0.25, 0.3) is 0 Å². The van der Waals surface area contributed by atoms with Crippen LogP contribution in [0.3, 0.4) is 0 Å². The Morgan fingerprint density at radius 1 is 0.633 bits per heavy atom. The Labute approximate surface area is 297 Å². The molecule has 0 aromatic carbocycles. The molecule has 0 rings (SSSR count). The molecule has 0 aliphatic heterocycles. The average molecular weight is 685 g/mol. The maximum atomic E-state index is 12.6. The van der Waals surface area contributed by atoms with Crippen molar-refractivity contribution < 1.29 is 38.2 Å². The second-order valence-electron chi connectivity index (χ2n) is 12.8. The number of rotatable bonds is 30. The predicted molar refractivity (Wildman–Crippen MR) is 201 cm³/mol. The average Bonchev–Trinajstić information content (AvgIpc) is 3.05.